The van der Waals surface area contributed by atoms with Crippen LogP contribution in [0.25, 0.3) is 0 Å². The van der Waals surface area contributed by atoms with Crippen molar-refractivity contribution in [2.45, 2.75) is 13.0 Å². The van der Waals surface area contributed by atoms with Crippen LogP contribution < -0.4 is 0 Å². The van der Waals surface area contributed by atoms with Gasteiger partial charge in [0, 0.05) is 23.7 Å². The normalized spacial score (nSPS) is 14.4. The zero-order valence-corrected chi connectivity index (χ0v) is 10.9. The van der Waals surface area contributed by atoms with E-state index in [2.05, 4.69) is 17.9 Å². The lowest BCUT2D eigenvalue weighted by atomic mass is 10.2. The van der Waals surface area contributed by atoms with Gasteiger partial charge in [-0.2, -0.15) is 0 Å². The van der Waals surface area contributed by atoms with Gasteiger partial charge in [-0.1, -0.05) is 6.07 Å². The molecule has 0 amide bonds. The van der Waals surface area contributed by atoms with E-state index in [4.69, 9.17) is 0 Å². The maximum absolute atomic E-state index is 11.0. The number of sulfone groups is 1. The summed E-state index contributed by atoms with van der Waals surface area (Å²) in [6.07, 6.45) is 1.27. The summed E-state index contributed by atoms with van der Waals surface area (Å²) in [5.41, 5.74) is 0. The van der Waals surface area contributed by atoms with Crippen LogP contribution in [0.4, 0.5) is 0 Å². The Kier molecular flexibility index (Phi) is 4.31. The summed E-state index contributed by atoms with van der Waals surface area (Å²) in [6, 6.07) is 4.37. The van der Waals surface area contributed by atoms with E-state index >= 15 is 0 Å². The molecule has 0 saturated heterocycles. The zero-order chi connectivity index (χ0) is 11.5. The first-order chi connectivity index (χ1) is 6.90. The van der Waals surface area contributed by atoms with Gasteiger partial charge in [0.1, 0.15) is 9.84 Å². The van der Waals surface area contributed by atoms with E-state index in [9.17, 15) is 8.42 Å². The third-order valence-electron chi connectivity index (χ3n) is 2.43. The molecular formula is C10H17NO2S2. The summed E-state index contributed by atoms with van der Waals surface area (Å²) in [4.78, 5) is 3.33. The molecular weight excluding hydrogens is 230 g/mol. The van der Waals surface area contributed by atoms with Crippen molar-refractivity contribution < 1.29 is 8.42 Å². The van der Waals surface area contributed by atoms with Crippen molar-refractivity contribution in [2.75, 3.05) is 25.6 Å². The van der Waals surface area contributed by atoms with E-state index in [1.807, 2.05) is 18.5 Å². The largest absolute Gasteiger partial charge is 0.298 e. The van der Waals surface area contributed by atoms with Crippen molar-refractivity contribution in [3.63, 3.8) is 0 Å². The molecule has 0 aliphatic heterocycles. The van der Waals surface area contributed by atoms with Crippen LogP contribution in [-0.2, 0) is 9.84 Å². The fraction of sp³-hybridized carbons (Fsp3) is 0.600. The number of hydrogen-bond donors (Lipinski definition) is 0. The first-order valence-electron chi connectivity index (χ1n) is 4.81. The Labute approximate surface area is 95.6 Å². The molecule has 0 spiro atoms. The average molecular weight is 247 g/mol. The van der Waals surface area contributed by atoms with E-state index in [0.29, 0.717) is 6.54 Å². The first-order valence-corrected chi connectivity index (χ1v) is 7.75. The minimum Gasteiger partial charge on any atom is -0.298 e. The second-order valence-electron chi connectivity index (χ2n) is 3.80. The highest BCUT2D eigenvalue weighted by atomic mass is 32.2. The fourth-order valence-corrected chi connectivity index (χ4v) is 2.72. The van der Waals surface area contributed by atoms with E-state index < -0.39 is 9.84 Å². The fourth-order valence-electron chi connectivity index (χ4n) is 1.25. The molecule has 1 aromatic rings. The average Bonchev–Trinajstić information content (AvgIpc) is 2.64. The molecule has 1 heterocycles. The van der Waals surface area contributed by atoms with Gasteiger partial charge in [-0.3, -0.25) is 4.90 Å². The minimum absolute atomic E-state index is 0.221. The molecule has 0 radical (unpaired) electrons. The smallest absolute Gasteiger partial charge is 0.148 e. The highest BCUT2D eigenvalue weighted by molar-refractivity contribution is 7.90. The molecule has 1 rings (SSSR count). The molecule has 0 N–H and O–H groups in total. The van der Waals surface area contributed by atoms with Crippen LogP contribution in [-0.4, -0.2) is 38.9 Å². The summed E-state index contributed by atoms with van der Waals surface area (Å²) in [6.45, 7) is 2.67. The third kappa shape index (κ3) is 4.32. The first kappa shape index (κ1) is 12.7. The van der Waals surface area contributed by atoms with Gasteiger partial charge in [-0.05, 0) is 25.4 Å². The predicted octanol–water partition coefficient (Wildman–Crippen LogP) is 1.79. The third-order valence-corrected chi connectivity index (χ3v) is 4.40. The molecule has 5 heteroatoms. The topological polar surface area (TPSA) is 37.4 Å². The molecule has 1 atom stereocenters. The molecule has 86 valence electrons. The van der Waals surface area contributed by atoms with Crippen molar-refractivity contribution in [3.05, 3.63) is 22.4 Å². The molecule has 0 saturated carbocycles. The van der Waals surface area contributed by atoms with E-state index in [-0.39, 0.29) is 11.8 Å². The lowest BCUT2D eigenvalue weighted by Gasteiger charge is -2.23. The van der Waals surface area contributed by atoms with Crippen LogP contribution in [0, 0.1) is 0 Å². The Balaban J connectivity index is 2.51. The lowest BCUT2D eigenvalue weighted by Crippen LogP contribution is -2.27. The highest BCUT2D eigenvalue weighted by Gasteiger charge is 2.13. The summed E-state index contributed by atoms with van der Waals surface area (Å²) >= 11 is 1.70. The van der Waals surface area contributed by atoms with Gasteiger partial charge in [-0.25, -0.2) is 8.42 Å². The van der Waals surface area contributed by atoms with E-state index in [1.54, 1.807) is 11.3 Å². The van der Waals surface area contributed by atoms with Crippen LogP contribution in [0.15, 0.2) is 17.5 Å². The number of nitrogens with zero attached hydrogens (tertiary/aromatic N) is 1. The molecule has 0 aliphatic rings. The quantitative estimate of drug-likeness (QED) is 0.796. The summed E-state index contributed by atoms with van der Waals surface area (Å²) in [5, 5.41) is 2.04. The monoisotopic (exact) mass is 247 g/mol. The second-order valence-corrected chi connectivity index (χ2v) is 7.04. The number of hydrogen-bond acceptors (Lipinski definition) is 4. The lowest BCUT2D eigenvalue weighted by molar-refractivity contribution is 0.280. The van der Waals surface area contributed by atoms with Gasteiger partial charge in [0.2, 0.25) is 0 Å². The second kappa shape index (κ2) is 5.09. The van der Waals surface area contributed by atoms with Gasteiger partial charge in [0.15, 0.2) is 0 Å². The van der Waals surface area contributed by atoms with E-state index in [1.165, 1.54) is 11.1 Å². The van der Waals surface area contributed by atoms with Crippen molar-refractivity contribution in [1.29, 1.82) is 0 Å². The van der Waals surface area contributed by atoms with Gasteiger partial charge in [0.25, 0.3) is 0 Å². The molecule has 0 aliphatic carbocycles. The Morgan fingerprint density at radius 1 is 1.53 bits per heavy atom. The summed E-state index contributed by atoms with van der Waals surface area (Å²) in [7, 11) is -0.906. The standard InChI is InChI=1S/C10H17NO2S2/c1-9(10-5-4-7-14-10)11(2)6-8-15(3,12)13/h4-5,7,9H,6,8H2,1-3H3. The van der Waals surface area contributed by atoms with Gasteiger partial charge in [0.05, 0.1) is 5.75 Å². The zero-order valence-electron chi connectivity index (χ0n) is 9.30. The van der Waals surface area contributed by atoms with Gasteiger partial charge >= 0.3 is 0 Å². The summed E-state index contributed by atoms with van der Waals surface area (Å²) in [5.74, 6) is 0.221. The molecule has 3 nitrogen and oxygen atoms in total. The molecule has 0 bridgehead atoms. The van der Waals surface area contributed by atoms with Crippen molar-refractivity contribution in [2.24, 2.45) is 0 Å². The van der Waals surface area contributed by atoms with Gasteiger partial charge in [-0.15, -0.1) is 11.3 Å². The molecule has 1 unspecified atom stereocenters. The number of rotatable bonds is 5. The maximum atomic E-state index is 11.0. The van der Waals surface area contributed by atoms with Crippen LogP contribution in [0.3, 0.4) is 0 Å². The Morgan fingerprint density at radius 2 is 2.20 bits per heavy atom. The minimum atomic E-state index is -2.86. The molecule has 0 fully saturated rings. The van der Waals surface area contributed by atoms with E-state index in [0.717, 1.165) is 0 Å². The van der Waals surface area contributed by atoms with Crippen LogP contribution in [0.2, 0.25) is 0 Å². The number of thiophene rings is 1. The SMILES string of the molecule is CC(c1cccs1)N(C)CCS(C)(=O)=O. The molecule has 15 heavy (non-hydrogen) atoms. The van der Waals surface area contributed by atoms with Crippen molar-refractivity contribution in [3.8, 4) is 0 Å². The van der Waals surface area contributed by atoms with Crippen LogP contribution in [0.5, 0.6) is 0 Å². The highest BCUT2D eigenvalue weighted by Crippen LogP contribution is 2.22. The summed E-state index contributed by atoms with van der Waals surface area (Å²) < 4.78 is 22.0. The van der Waals surface area contributed by atoms with Crippen LogP contribution >= 0.6 is 11.3 Å². The molecule has 1 aromatic heterocycles. The van der Waals surface area contributed by atoms with Gasteiger partial charge < -0.3 is 0 Å². The van der Waals surface area contributed by atoms with Crippen molar-refractivity contribution >= 4 is 21.2 Å². The van der Waals surface area contributed by atoms with Crippen LogP contribution in [0.1, 0.15) is 17.8 Å². The predicted molar refractivity (Wildman–Crippen MR) is 65.1 cm³/mol. The van der Waals surface area contributed by atoms with Crippen molar-refractivity contribution in [1.82, 2.24) is 4.90 Å². The molecule has 0 aromatic carbocycles. The Bertz CT molecular complexity index is 384. The Hall–Kier alpha value is -0.390. The Morgan fingerprint density at radius 3 is 2.67 bits per heavy atom. The maximum Gasteiger partial charge on any atom is 0.148 e.